The number of rotatable bonds is 3. The predicted octanol–water partition coefficient (Wildman–Crippen LogP) is 1.33. The summed E-state index contributed by atoms with van der Waals surface area (Å²) < 4.78 is 0. The van der Waals surface area contributed by atoms with Crippen molar-refractivity contribution in [2.75, 3.05) is 11.1 Å². The van der Waals surface area contributed by atoms with E-state index in [1.54, 1.807) is 11.4 Å². The zero-order chi connectivity index (χ0) is 11.5. The molecular formula is C10H12N4OS. The van der Waals surface area contributed by atoms with Gasteiger partial charge in [-0.15, -0.1) is 0 Å². The Morgan fingerprint density at radius 3 is 3.00 bits per heavy atom. The molecule has 0 radical (unpaired) electrons. The molecular weight excluding hydrogens is 224 g/mol. The Hall–Kier alpha value is -1.82. The van der Waals surface area contributed by atoms with Crippen LogP contribution in [0, 0.1) is 6.92 Å². The topological polar surface area (TPSA) is 83.8 Å². The number of thiazole rings is 1. The highest BCUT2D eigenvalue weighted by Gasteiger charge is 2.00. The highest BCUT2D eigenvalue weighted by molar-refractivity contribution is 7.07. The van der Waals surface area contributed by atoms with Crippen molar-refractivity contribution in [3.8, 4) is 0 Å². The summed E-state index contributed by atoms with van der Waals surface area (Å²) in [6.45, 7) is 2.40. The predicted molar refractivity (Wildman–Crippen MR) is 65.7 cm³/mol. The lowest BCUT2D eigenvalue weighted by molar-refractivity contribution is 1.03. The van der Waals surface area contributed by atoms with Gasteiger partial charge in [0.25, 0.3) is 0 Å². The molecule has 0 saturated heterocycles. The van der Waals surface area contributed by atoms with Crippen LogP contribution in [0.4, 0.5) is 11.5 Å². The average molecular weight is 236 g/mol. The molecule has 2 aromatic rings. The van der Waals surface area contributed by atoms with Gasteiger partial charge in [-0.1, -0.05) is 11.3 Å². The minimum Gasteiger partial charge on any atom is -0.397 e. The molecule has 16 heavy (non-hydrogen) atoms. The highest BCUT2D eigenvalue weighted by atomic mass is 32.1. The van der Waals surface area contributed by atoms with E-state index in [9.17, 15) is 4.79 Å². The SMILES string of the molecule is Cc1nc(NCc2csc(=O)[nH]2)ccc1N. The molecule has 0 fully saturated rings. The number of nitrogens with zero attached hydrogens (tertiary/aromatic N) is 1. The summed E-state index contributed by atoms with van der Waals surface area (Å²) in [5.74, 6) is 0.749. The fourth-order valence-electron chi connectivity index (χ4n) is 1.26. The molecule has 0 unspecified atom stereocenters. The van der Waals surface area contributed by atoms with Crippen molar-refractivity contribution in [1.82, 2.24) is 9.97 Å². The van der Waals surface area contributed by atoms with Gasteiger partial charge in [0.1, 0.15) is 5.82 Å². The molecule has 0 atom stereocenters. The third-order valence-electron chi connectivity index (χ3n) is 2.16. The summed E-state index contributed by atoms with van der Waals surface area (Å²) in [6, 6.07) is 3.62. The number of pyridine rings is 1. The van der Waals surface area contributed by atoms with Crippen molar-refractivity contribution in [1.29, 1.82) is 0 Å². The summed E-state index contributed by atoms with van der Waals surface area (Å²) in [5, 5.41) is 4.90. The van der Waals surface area contributed by atoms with E-state index in [1.165, 1.54) is 0 Å². The van der Waals surface area contributed by atoms with Crippen LogP contribution >= 0.6 is 11.3 Å². The van der Waals surface area contributed by atoms with Gasteiger partial charge in [-0.05, 0) is 19.1 Å². The van der Waals surface area contributed by atoms with Crippen LogP contribution in [0.1, 0.15) is 11.4 Å². The Morgan fingerprint density at radius 1 is 1.56 bits per heavy atom. The van der Waals surface area contributed by atoms with E-state index in [4.69, 9.17) is 5.73 Å². The quantitative estimate of drug-likeness (QED) is 0.750. The van der Waals surface area contributed by atoms with E-state index >= 15 is 0 Å². The van der Waals surface area contributed by atoms with Gasteiger partial charge in [0.15, 0.2) is 0 Å². The number of H-pyrrole nitrogens is 1. The van der Waals surface area contributed by atoms with Gasteiger partial charge in [-0.2, -0.15) is 0 Å². The Morgan fingerprint density at radius 2 is 2.38 bits per heavy atom. The lowest BCUT2D eigenvalue weighted by Crippen LogP contribution is -2.05. The fraction of sp³-hybridized carbons (Fsp3) is 0.200. The number of nitrogen functional groups attached to an aromatic ring is 1. The summed E-state index contributed by atoms with van der Waals surface area (Å²) in [6.07, 6.45) is 0. The zero-order valence-electron chi connectivity index (χ0n) is 8.78. The standard InChI is InChI=1S/C10H12N4OS/c1-6-8(11)2-3-9(13-6)12-4-7-5-16-10(15)14-7/h2-3,5H,4,11H2,1H3,(H,12,13)(H,14,15). The van der Waals surface area contributed by atoms with Gasteiger partial charge in [0.05, 0.1) is 17.9 Å². The van der Waals surface area contributed by atoms with Crippen LogP contribution in [0.2, 0.25) is 0 Å². The average Bonchev–Trinajstić information content (AvgIpc) is 2.66. The van der Waals surface area contributed by atoms with E-state index in [0.29, 0.717) is 12.2 Å². The molecule has 0 aliphatic carbocycles. The van der Waals surface area contributed by atoms with Crippen LogP contribution < -0.4 is 15.9 Å². The van der Waals surface area contributed by atoms with Gasteiger partial charge >= 0.3 is 4.87 Å². The number of aromatic nitrogens is 2. The molecule has 0 spiro atoms. The molecule has 0 bridgehead atoms. The van der Waals surface area contributed by atoms with Crippen molar-refractivity contribution in [3.63, 3.8) is 0 Å². The smallest absolute Gasteiger partial charge is 0.304 e. The number of hydrogen-bond donors (Lipinski definition) is 3. The molecule has 0 aliphatic rings. The molecule has 4 N–H and O–H groups in total. The minimum atomic E-state index is -0.0433. The normalized spacial score (nSPS) is 10.3. The van der Waals surface area contributed by atoms with Crippen molar-refractivity contribution in [2.24, 2.45) is 0 Å². The second kappa shape index (κ2) is 4.36. The molecule has 0 aromatic carbocycles. The molecule has 0 saturated carbocycles. The number of nitrogens with one attached hydrogen (secondary N) is 2. The molecule has 84 valence electrons. The molecule has 6 heteroatoms. The molecule has 2 rings (SSSR count). The lowest BCUT2D eigenvalue weighted by atomic mass is 10.3. The third kappa shape index (κ3) is 2.40. The Balaban J connectivity index is 2.04. The van der Waals surface area contributed by atoms with Crippen molar-refractivity contribution < 1.29 is 0 Å². The first-order valence-corrected chi connectivity index (χ1v) is 5.67. The van der Waals surface area contributed by atoms with Crippen LogP contribution in [0.3, 0.4) is 0 Å². The summed E-state index contributed by atoms with van der Waals surface area (Å²) in [7, 11) is 0. The van der Waals surface area contributed by atoms with Crippen LogP contribution in [0.25, 0.3) is 0 Å². The van der Waals surface area contributed by atoms with Gasteiger partial charge in [0.2, 0.25) is 0 Å². The van der Waals surface area contributed by atoms with E-state index in [1.807, 2.05) is 13.0 Å². The molecule has 0 aliphatic heterocycles. The monoisotopic (exact) mass is 236 g/mol. The molecule has 5 nitrogen and oxygen atoms in total. The van der Waals surface area contributed by atoms with E-state index < -0.39 is 0 Å². The number of anilines is 2. The Labute approximate surface area is 96.3 Å². The van der Waals surface area contributed by atoms with Crippen molar-refractivity contribution in [3.05, 3.63) is 38.6 Å². The molecule has 2 aromatic heterocycles. The maximum Gasteiger partial charge on any atom is 0.304 e. The van der Waals surface area contributed by atoms with E-state index in [-0.39, 0.29) is 4.87 Å². The Kier molecular flexibility index (Phi) is 2.91. The number of nitrogens with two attached hydrogens (primary N) is 1. The van der Waals surface area contributed by atoms with Gasteiger partial charge in [0, 0.05) is 11.1 Å². The largest absolute Gasteiger partial charge is 0.397 e. The maximum atomic E-state index is 10.9. The first-order valence-electron chi connectivity index (χ1n) is 4.79. The van der Waals surface area contributed by atoms with E-state index in [0.717, 1.165) is 28.5 Å². The van der Waals surface area contributed by atoms with Crippen LogP contribution in [-0.2, 0) is 6.54 Å². The number of aromatic amines is 1. The van der Waals surface area contributed by atoms with Gasteiger partial charge in [-0.3, -0.25) is 4.79 Å². The second-order valence-electron chi connectivity index (χ2n) is 3.40. The van der Waals surface area contributed by atoms with E-state index in [2.05, 4.69) is 15.3 Å². The number of aryl methyl sites for hydroxylation is 1. The first-order chi connectivity index (χ1) is 7.65. The maximum absolute atomic E-state index is 10.9. The van der Waals surface area contributed by atoms with Gasteiger partial charge < -0.3 is 16.0 Å². The third-order valence-corrected chi connectivity index (χ3v) is 2.88. The van der Waals surface area contributed by atoms with Gasteiger partial charge in [-0.25, -0.2) is 4.98 Å². The van der Waals surface area contributed by atoms with Crippen LogP contribution in [0.5, 0.6) is 0 Å². The minimum absolute atomic E-state index is 0.0433. The highest BCUT2D eigenvalue weighted by Crippen LogP contribution is 2.12. The Bertz CT molecular complexity index is 546. The summed E-state index contributed by atoms with van der Waals surface area (Å²) in [4.78, 5) is 17.9. The van der Waals surface area contributed by atoms with Crippen molar-refractivity contribution in [2.45, 2.75) is 13.5 Å². The lowest BCUT2D eigenvalue weighted by Gasteiger charge is -2.06. The van der Waals surface area contributed by atoms with Crippen LogP contribution in [0.15, 0.2) is 22.3 Å². The van der Waals surface area contributed by atoms with Crippen molar-refractivity contribution >= 4 is 22.8 Å². The summed E-state index contributed by atoms with van der Waals surface area (Å²) >= 11 is 1.15. The van der Waals surface area contributed by atoms with Crippen LogP contribution in [-0.4, -0.2) is 9.97 Å². The fourth-order valence-corrected chi connectivity index (χ4v) is 1.84. The number of hydrogen-bond acceptors (Lipinski definition) is 5. The zero-order valence-corrected chi connectivity index (χ0v) is 9.60. The molecule has 2 heterocycles. The molecule has 0 amide bonds. The second-order valence-corrected chi connectivity index (χ2v) is 4.24. The first kappa shape index (κ1) is 10.7. The summed E-state index contributed by atoms with van der Waals surface area (Å²) in [5.41, 5.74) is 7.99.